The van der Waals surface area contributed by atoms with Crippen LogP contribution in [0.4, 0.5) is 5.69 Å². The Morgan fingerprint density at radius 2 is 1.77 bits per heavy atom. The van der Waals surface area contributed by atoms with Gasteiger partial charge in [-0.2, -0.15) is 0 Å². The second-order valence-electron chi connectivity index (χ2n) is 7.21. The average Bonchev–Trinajstić information content (AvgIpc) is 3.14. The average molecular weight is 441 g/mol. The summed E-state index contributed by atoms with van der Waals surface area (Å²) in [6.45, 7) is 3.43. The van der Waals surface area contributed by atoms with Crippen molar-refractivity contribution in [1.29, 1.82) is 0 Å². The molecule has 1 amide bonds. The van der Waals surface area contributed by atoms with Crippen LogP contribution in [0.15, 0.2) is 71.1 Å². The maximum Gasteiger partial charge on any atom is 0.267 e. The lowest BCUT2D eigenvalue weighted by Gasteiger charge is -2.25. The zero-order valence-corrected chi connectivity index (χ0v) is 17.8. The predicted molar refractivity (Wildman–Crippen MR) is 119 cm³/mol. The summed E-state index contributed by atoms with van der Waals surface area (Å²) in [4.78, 5) is 17.3. The molecule has 0 saturated heterocycles. The Bertz CT molecular complexity index is 1220. The molecule has 1 heterocycles. The van der Waals surface area contributed by atoms with Crippen LogP contribution in [0.1, 0.15) is 13.8 Å². The van der Waals surface area contributed by atoms with Gasteiger partial charge in [-0.25, -0.2) is 4.98 Å². The third-order valence-electron chi connectivity index (χ3n) is 4.48. The Labute approximate surface area is 183 Å². The van der Waals surface area contributed by atoms with Gasteiger partial charge in [0.15, 0.2) is 11.2 Å². The van der Waals surface area contributed by atoms with E-state index in [2.05, 4.69) is 10.3 Å². The molecule has 0 bridgehead atoms. The summed E-state index contributed by atoms with van der Waals surface area (Å²) in [7, 11) is 0. The molecule has 0 aliphatic carbocycles. The van der Waals surface area contributed by atoms with Gasteiger partial charge in [0, 0.05) is 11.3 Å². The molecule has 0 saturated carbocycles. The minimum atomic E-state index is -1.06. The first-order valence-electron chi connectivity index (χ1n) is 9.23. The van der Waals surface area contributed by atoms with Crippen molar-refractivity contribution in [1.82, 2.24) is 4.98 Å². The van der Waals surface area contributed by atoms with E-state index in [1.165, 1.54) is 0 Å². The Balaban J connectivity index is 1.54. The summed E-state index contributed by atoms with van der Waals surface area (Å²) in [5.41, 5.74) is 1.44. The topological polar surface area (TPSA) is 64.4 Å². The predicted octanol–water partition coefficient (Wildman–Crippen LogP) is 6.60. The largest absolute Gasteiger partial charge is 0.478 e. The van der Waals surface area contributed by atoms with Gasteiger partial charge in [0.1, 0.15) is 11.3 Å². The molecule has 4 rings (SSSR count). The third-order valence-corrected chi connectivity index (χ3v) is 5.21. The van der Waals surface area contributed by atoms with E-state index in [9.17, 15) is 4.79 Å². The summed E-state index contributed by atoms with van der Waals surface area (Å²) >= 11 is 12.1. The normalized spacial score (nSPS) is 11.5. The van der Waals surface area contributed by atoms with Crippen molar-refractivity contribution < 1.29 is 13.9 Å². The highest BCUT2D eigenvalue weighted by Crippen LogP contribution is 2.31. The van der Waals surface area contributed by atoms with Gasteiger partial charge < -0.3 is 14.5 Å². The second-order valence-corrected chi connectivity index (χ2v) is 8.02. The lowest BCUT2D eigenvalue weighted by Crippen LogP contribution is -2.42. The summed E-state index contributed by atoms with van der Waals surface area (Å²) < 4.78 is 11.6. The number of anilines is 1. The standard InChI is InChI=1S/C23H18Cl2N2O3/c1-23(2,30-16-6-4-3-5-7-16)22(28)26-15-9-11-20-19(13-15)27-21(29-20)14-8-10-17(24)18(25)12-14/h3-13H,1-2H3,(H,26,28). The van der Waals surface area contributed by atoms with Gasteiger partial charge in [-0.05, 0) is 62.4 Å². The van der Waals surface area contributed by atoms with Crippen LogP contribution in [0.3, 0.4) is 0 Å². The van der Waals surface area contributed by atoms with Crippen molar-refractivity contribution in [3.05, 3.63) is 76.8 Å². The lowest BCUT2D eigenvalue weighted by atomic mass is 10.1. The quantitative estimate of drug-likeness (QED) is 0.379. The Kier molecular flexibility index (Phi) is 5.41. The molecule has 3 aromatic carbocycles. The number of halogens is 2. The van der Waals surface area contributed by atoms with Crippen LogP contribution < -0.4 is 10.1 Å². The highest BCUT2D eigenvalue weighted by atomic mass is 35.5. The fourth-order valence-corrected chi connectivity index (χ4v) is 3.17. The molecule has 0 atom stereocenters. The zero-order valence-electron chi connectivity index (χ0n) is 16.3. The number of ether oxygens (including phenoxy) is 1. The van der Waals surface area contributed by atoms with Gasteiger partial charge >= 0.3 is 0 Å². The van der Waals surface area contributed by atoms with Crippen LogP contribution in [-0.4, -0.2) is 16.5 Å². The molecular weight excluding hydrogens is 423 g/mol. The Morgan fingerprint density at radius 1 is 1.00 bits per heavy atom. The van der Waals surface area contributed by atoms with Crippen molar-refractivity contribution in [3.8, 4) is 17.2 Å². The summed E-state index contributed by atoms with van der Waals surface area (Å²) in [5.74, 6) is 0.759. The van der Waals surface area contributed by atoms with E-state index in [0.717, 1.165) is 0 Å². The first-order chi connectivity index (χ1) is 14.3. The minimum absolute atomic E-state index is 0.279. The molecule has 1 N–H and O–H groups in total. The van der Waals surface area contributed by atoms with Crippen LogP contribution >= 0.6 is 23.2 Å². The van der Waals surface area contributed by atoms with E-state index in [4.69, 9.17) is 32.4 Å². The van der Waals surface area contributed by atoms with Crippen LogP contribution in [0.5, 0.6) is 5.75 Å². The molecule has 0 aliphatic heterocycles. The molecule has 0 unspecified atom stereocenters. The monoisotopic (exact) mass is 440 g/mol. The summed E-state index contributed by atoms with van der Waals surface area (Å²) in [5, 5.41) is 3.76. The first kappa shape index (κ1) is 20.3. The van der Waals surface area contributed by atoms with Crippen LogP contribution in [-0.2, 0) is 4.79 Å². The van der Waals surface area contributed by atoms with Crippen molar-refractivity contribution in [3.63, 3.8) is 0 Å². The maximum atomic E-state index is 12.8. The van der Waals surface area contributed by atoms with E-state index in [1.807, 2.05) is 18.2 Å². The van der Waals surface area contributed by atoms with Crippen molar-refractivity contribution in [2.45, 2.75) is 19.4 Å². The van der Waals surface area contributed by atoms with Crippen molar-refractivity contribution in [2.24, 2.45) is 0 Å². The number of carbonyl (C=O) groups excluding carboxylic acids is 1. The minimum Gasteiger partial charge on any atom is -0.478 e. The van der Waals surface area contributed by atoms with Crippen molar-refractivity contribution in [2.75, 3.05) is 5.32 Å². The molecule has 1 aromatic heterocycles. The fourth-order valence-electron chi connectivity index (χ4n) is 2.87. The first-order valence-corrected chi connectivity index (χ1v) is 9.99. The lowest BCUT2D eigenvalue weighted by molar-refractivity contribution is -0.128. The number of amides is 1. The van der Waals surface area contributed by atoms with Gasteiger partial charge in [-0.3, -0.25) is 4.79 Å². The second kappa shape index (κ2) is 8.01. The number of oxazole rings is 1. The molecule has 152 valence electrons. The third kappa shape index (κ3) is 4.27. The summed E-state index contributed by atoms with van der Waals surface area (Å²) in [6.07, 6.45) is 0. The number of fused-ring (bicyclic) bond motifs is 1. The van der Waals surface area contributed by atoms with E-state index in [1.54, 1.807) is 62.4 Å². The molecule has 7 heteroatoms. The number of aromatic nitrogens is 1. The van der Waals surface area contributed by atoms with E-state index >= 15 is 0 Å². The molecule has 5 nitrogen and oxygen atoms in total. The molecule has 4 aromatic rings. The van der Waals surface area contributed by atoms with Crippen LogP contribution in [0, 0.1) is 0 Å². The van der Waals surface area contributed by atoms with E-state index in [-0.39, 0.29) is 5.91 Å². The number of hydrogen-bond acceptors (Lipinski definition) is 4. The van der Waals surface area contributed by atoms with Gasteiger partial charge in [0.2, 0.25) is 5.89 Å². The number of hydrogen-bond donors (Lipinski definition) is 1. The molecule has 0 fully saturated rings. The van der Waals surface area contributed by atoms with Gasteiger partial charge in [-0.1, -0.05) is 41.4 Å². The fraction of sp³-hybridized carbons (Fsp3) is 0.130. The van der Waals surface area contributed by atoms with Gasteiger partial charge in [-0.15, -0.1) is 0 Å². The molecule has 0 aliphatic rings. The number of carbonyl (C=O) groups is 1. The molecule has 0 spiro atoms. The SMILES string of the molecule is CC(C)(Oc1ccccc1)C(=O)Nc1ccc2oc(-c3ccc(Cl)c(Cl)c3)nc2c1. The maximum absolute atomic E-state index is 12.8. The number of nitrogens with zero attached hydrogens (tertiary/aromatic N) is 1. The van der Waals surface area contributed by atoms with E-state index < -0.39 is 5.60 Å². The number of benzene rings is 3. The van der Waals surface area contributed by atoms with Gasteiger partial charge in [0.05, 0.1) is 10.0 Å². The number of nitrogens with one attached hydrogen (secondary N) is 1. The summed E-state index contributed by atoms with van der Waals surface area (Å²) in [6, 6.07) is 19.6. The van der Waals surface area contributed by atoms with Crippen LogP contribution in [0.2, 0.25) is 10.0 Å². The Hall–Kier alpha value is -3.02. The highest BCUT2D eigenvalue weighted by Gasteiger charge is 2.30. The number of rotatable bonds is 5. The van der Waals surface area contributed by atoms with Gasteiger partial charge in [0.25, 0.3) is 5.91 Å². The molecular formula is C23H18Cl2N2O3. The van der Waals surface area contributed by atoms with Crippen LogP contribution in [0.25, 0.3) is 22.6 Å². The molecule has 0 radical (unpaired) electrons. The molecule has 30 heavy (non-hydrogen) atoms. The highest BCUT2D eigenvalue weighted by molar-refractivity contribution is 6.42. The zero-order chi connectivity index (χ0) is 21.3. The van der Waals surface area contributed by atoms with E-state index in [0.29, 0.717) is 44.0 Å². The Morgan fingerprint density at radius 3 is 2.50 bits per heavy atom. The number of para-hydroxylation sites is 1. The smallest absolute Gasteiger partial charge is 0.267 e. The van der Waals surface area contributed by atoms with Crippen molar-refractivity contribution >= 4 is 45.9 Å².